The number of rotatable bonds is 1. The van der Waals surface area contributed by atoms with Crippen molar-refractivity contribution in [2.75, 3.05) is 0 Å². The second-order valence-electron chi connectivity index (χ2n) is 4.99. The summed E-state index contributed by atoms with van der Waals surface area (Å²) in [7, 11) is 0. The lowest BCUT2D eigenvalue weighted by atomic mass is 10.0. The summed E-state index contributed by atoms with van der Waals surface area (Å²) in [6, 6.07) is 18.3. The van der Waals surface area contributed by atoms with Crippen LogP contribution in [0.1, 0.15) is 11.1 Å². The molecule has 3 aromatic rings. The van der Waals surface area contributed by atoms with Gasteiger partial charge in [-0.05, 0) is 0 Å². The second-order valence-corrected chi connectivity index (χ2v) is 4.99. The van der Waals surface area contributed by atoms with E-state index in [1.54, 1.807) is 0 Å². The summed E-state index contributed by atoms with van der Waals surface area (Å²) < 4.78 is 0. The number of hydrogen-bond acceptors (Lipinski definition) is 3. The summed E-state index contributed by atoms with van der Waals surface area (Å²) in [4.78, 5) is 13.7. The Labute approximate surface area is 123 Å². The molecule has 100 valence electrons. The molecular weight excluding hydrogens is 258 g/mol. The normalized spacial score (nSPS) is 12.4. The molecule has 1 aliphatic rings. The quantitative estimate of drug-likeness (QED) is 0.676. The maximum Gasteiger partial charge on any atom is 0.159 e. The molecule has 0 unspecified atom stereocenters. The van der Waals surface area contributed by atoms with Crippen LogP contribution in [0, 0.1) is 0 Å². The Bertz CT molecular complexity index is 823. The van der Waals surface area contributed by atoms with Crippen molar-refractivity contribution in [1.82, 2.24) is 9.97 Å². The molecule has 0 spiro atoms. The predicted octanol–water partition coefficient (Wildman–Crippen LogP) is 3.74. The fourth-order valence-corrected chi connectivity index (χ4v) is 2.55. The Kier molecular flexibility index (Phi) is 2.82. The van der Waals surface area contributed by atoms with Crippen molar-refractivity contribution < 1.29 is 0 Å². The highest BCUT2D eigenvalue weighted by Gasteiger charge is 2.15. The number of hydrogen-bond donors (Lipinski definition) is 0. The van der Waals surface area contributed by atoms with E-state index < -0.39 is 0 Å². The SMILES string of the molecule is C1=NCc2cnc(-c3ccccc3)nc2-c2ccccc21. The van der Waals surface area contributed by atoms with Crippen LogP contribution in [-0.4, -0.2) is 16.2 Å². The monoisotopic (exact) mass is 271 g/mol. The van der Waals surface area contributed by atoms with Crippen molar-refractivity contribution >= 4 is 6.21 Å². The molecule has 1 aromatic heterocycles. The van der Waals surface area contributed by atoms with Crippen LogP contribution in [0.5, 0.6) is 0 Å². The Balaban J connectivity index is 1.93. The molecule has 0 saturated carbocycles. The van der Waals surface area contributed by atoms with E-state index in [4.69, 9.17) is 4.98 Å². The maximum absolute atomic E-state index is 4.79. The summed E-state index contributed by atoms with van der Waals surface area (Å²) in [6.07, 6.45) is 3.81. The molecule has 4 rings (SSSR count). The smallest absolute Gasteiger partial charge is 0.159 e. The minimum atomic E-state index is 0.624. The van der Waals surface area contributed by atoms with Crippen LogP contribution in [-0.2, 0) is 6.54 Å². The van der Waals surface area contributed by atoms with Gasteiger partial charge in [0.05, 0.1) is 12.2 Å². The Morgan fingerprint density at radius 2 is 1.67 bits per heavy atom. The van der Waals surface area contributed by atoms with Crippen LogP contribution in [0.2, 0.25) is 0 Å². The van der Waals surface area contributed by atoms with E-state index in [-0.39, 0.29) is 0 Å². The fraction of sp³-hybridized carbons (Fsp3) is 0.0556. The van der Waals surface area contributed by atoms with Gasteiger partial charge in [-0.25, -0.2) is 9.97 Å². The Morgan fingerprint density at radius 1 is 0.857 bits per heavy atom. The van der Waals surface area contributed by atoms with Gasteiger partial charge >= 0.3 is 0 Å². The molecular formula is C18H13N3. The first-order chi connectivity index (χ1) is 10.4. The van der Waals surface area contributed by atoms with Crippen LogP contribution >= 0.6 is 0 Å². The Hall–Kier alpha value is -2.81. The summed E-state index contributed by atoms with van der Waals surface area (Å²) >= 11 is 0. The summed E-state index contributed by atoms with van der Waals surface area (Å²) in [5, 5.41) is 0. The zero-order chi connectivity index (χ0) is 14.1. The van der Waals surface area contributed by atoms with E-state index in [1.165, 1.54) is 0 Å². The van der Waals surface area contributed by atoms with Gasteiger partial charge < -0.3 is 0 Å². The zero-order valence-electron chi connectivity index (χ0n) is 11.4. The van der Waals surface area contributed by atoms with Gasteiger partial charge in [0.15, 0.2) is 5.82 Å². The average Bonchev–Trinajstić information content (AvgIpc) is 2.74. The average molecular weight is 271 g/mol. The van der Waals surface area contributed by atoms with Crippen LogP contribution < -0.4 is 0 Å². The summed E-state index contributed by atoms with van der Waals surface area (Å²) in [6.45, 7) is 0.624. The number of aromatic nitrogens is 2. The molecule has 21 heavy (non-hydrogen) atoms. The second kappa shape index (κ2) is 4.94. The van der Waals surface area contributed by atoms with Crippen LogP contribution in [0.3, 0.4) is 0 Å². The molecule has 3 nitrogen and oxygen atoms in total. The van der Waals surface area contributed by atoms with E-state index in [0.717, 1.165) is 33.8 Å². The lowest BCUT2D eigenvalue weighted by molar-refractivity contribution is 1.03. The van der Waals surface area contributed by atoms with Gasteiger partial charge in [0, 0.05) is 34.7 Å². The lowest BCUT2D eigenvalue weighted by Gasteiger charge is -2.09. The van der Waals surface area contributed by atoms with Gasteiger partial charge in [0.2, 0.25) is 0 Å². The highest BCUT2D eigenvalue weighted by atomic mass is 14.9. The molecule has 0 fully saturated rings. The number of benzene rings is 2. The minimum Gasteiger partial charge on any atom is -0.288 e. The van der Waals surface area contributed by atoms with Crippen molar-refractivity contribution in [3.63, 3.8) is 0 Å². The maximum atomic E-state index is 4.79. The highest BCUT2D eigenvalue weighted by Crippen LogP contribution is 2.28. The lowest BCUT2D eigenvalue weighted by Crippen LogP contribution is -1.97. The molecule has 0 bridgehead atoms. The number of aliphatic imine (C=N–C) groups is 1. The van der Waals surface area contributed by atoms with Crippen LogP contribution in [0.25, 0.3) is 22.6 Å². The first-order valence-electron chi connectivity index (χ1n) is 6.92. The first-order valence-corrected chi connectivity index (χ1v) is 6.92. The standard InChI is InChI=1S/C18H13N3/c1-2-6-13(7-3-1)18-20-12-15-11-19-10-14-8-4-5-9-16(14)17(15)21-18/h1-10,12H,11H2. The predicted molar refractivity (Wildman–Crippen MR) is 84.2 cm³/mol. The largest absolute Gasteiger partial charge is 0.288 e. The molecule has 0 aliphatic carbocycles. The molecule has 2 aromatic carbocycles. The third kappa shape index (κ3) is 2.13. The first kappa shape index (κ1) is 12.0. The third-order valence-electron chi connectivity index (χ3n) is 3.60. The zero-order valence-corrected chi connectivity index (χ0v) is 11.4. The van der Waals surface area contributed by atoms with Gasteiger partial charge in [0.1, 0.15) is 0 Å². The van der Waals surface area contributed by atoms with E-state index in [0.29, 0.717) is 6.54 Å². The molecule has 2 heterocycles. The van der Waals surface area contributed by atoms with E-state index in [1.807, 2.05) is 54.9 Å². The summed E-state index contributed by atoms with van der Waals surface area (Å²) in [5.74, 6) is 0.756. The summed E-state index contributed by atoms with van der Waals surface area (Å²) in [5.41, 5.74) is 5.30. The Morgan fingerprint density at radius 3 is 2.57 bits per heavy atom. The molecule has 0 amide bonds. The van der Waals surface area contributed by atoms with E-state index in [9.17, 15) is 0 Å². The number of nitrogens with zero attached hydrogens (tertiary/aromatic N) is 3. The molecule has 0 atom stereocenters. The molecule has 0 radical (unpaired) electrons. The van der Waals surface area contributed by atoms with Crippen molar-refractivity contribution in [3.05, 3.63) is 71.9 Å². The highest BCUT2D eigenvalue weighted by molar-refractivity contribution is 5.91. The van der Waals surface area contributed by atoms with Crippen molar-refractivity contribution in [1.29, 1.82) is 0 Å². The van der Waals surface area contributed by atoms with Gasteiger partial charge in [-0.15, -0.1) is 0 Å². The molecule has 0 saturated heterocycles. The van der Waals surface area contributed by atoms with E-state index in [2.05, 4.69) is 22.1 Å². The molecule has 1 aliphatic heterocycles. The molecule has 0 N–H and O–H groups in total. The topological polar surface area (TPSA) is 38.1 Å². The fourth-order valence-electron chi connectivity index (χ4n) is 2.55. The van der Waals surface area contributed by atoms with Crippen molar-refractivity contribution in [2.45, 2.75) is 6.54 Å². The van der Waals surface area contributed by atoms with Crippen molar-refractivity contribution in [2.24, 2.45) is 4.99 Å². The number of fused-ring (bicyclic) bond motifs is 3. The van der Waals surface area contributed by atoms with Gasteiger partial charge in [0.25, 0.3) is 0 Å². The van der Waals surface area contributed by atoms with Crippen LogP contribution in [0.4, 0.5) is 0 Å². The van der Waals surface area contributed by atoms with Gasteiger partial charge in [-0.2, -0.15) is 0 Å². The van der Waals surface area contributed by atoms with E-state index >= 15 is 0 Å². The third-order valence-corrected chi connectivity index (χ3v) is 3.60. The van der Waals surface area contributed by atoms with Crippen LogP contribution in [0.15, 0.2) is 65.8 Å². The van der Waals surface area contributed by atoms with Crippen molar-refractivity contribution in [3.8, 4) is 22.6 Å². The molecule has 3 heteroatoms. The van der Waals surface area contributed by atoms with Gasteiger partial charge in [-0.1, -0.05) is 54.6 Å². The van der Waals surface area contributed by atoms with Gasteiger partial charge in [-0.3, -0.25) is 4.99 Å². The minimum absolute atomic E-state index is 0.624.